The summed E-state index contributed by atoms with van der Waals surface area (Å²) in [5.41, 5.74) is 0.425. The third-order valence-corrected chi connectivity index (χ3v) is 2.22. The van der Waals surface area contributed by atoms with Gasteiger partial charge in [-0.3, -0.25) is 0 Å². The van der Waals surface area contributed by atoms with Crippen molar-refractivity contribution in [1.29, 1.82) is 0 Å². The van der Waals surface area contributed by atoms with Crippen molar-refractivity contribution in [2.45, 2.75) is 41.0 Å². The highest BCUT2D eigenvalue weighted by Crippen LogP contribution is 2.29. The Morgan fingerprint density at radius 1 is 1.33 bits per heavy atom. The molecule has 0 N–H and O–H groups in total. The van der Waals surface area contributed by atoms with Crippen LogP contribution in [0.4, 0.5) is 0 Å². The molecule has 0 atom stereocenters. The van der Waals surface area contributed by atoms with E-state index in [0.29, 0.717) is 5.41 Å². The van der Waals surface area contributed by atoms with E-state index in [1.54, 1.807) is 0 Å². The van der Waals surface area contributed by atoms with Crippen molar-refractivity contribution in [3.05, 3.63) is 6.42 Å². The van der Waals surface area contributed by atoms with Crippen LogP contribution < -0.4 is 0 Å². The molecule has 1 radical (unpaired) electrons. The van der Waals surface area contributed by atoms with Crippen molar-refractivity contribution < 1.29 is 0 Å². The lowest BCUT2D eigenvalue weighted by molar-refractivity contribution is 0.296. The van der Waals surface area contributed by atoms with Crippen LogP contribution in [0.2, 0.25) is 0 Å². The molecule has 0 aliphatic carbocycles. The van der Waals surface area contributed by atoms with Gasteiger partial charge in [-0.1, -0.05) is 41.0 Å². The first-order valence-electron chi connectivity index (χ1n) is 3.85. The van der Waals surface area contributed by atoms with Gasteiger partial charge in [0.2, 0.25) is 0 Å². The second-order valence-electron chi connectivity index (χ2n) is 3.59. The average Bonchev–Trinajstić information content (AvgIpc) is 1.65. The van der Waals surface area contributed by atoms with E-state index in [-0.39, 0.29) is 0 Å². The van der Waals surface area contributed by atoms with E-state index >= 15 is 0 Å². The van der Waals surface area contributed by atoms with Crippen molar-refractivity contribution >= 4 is 0 Å². The van der Waals surface area contributed by atoms with Crippen molar-refractivity contribution in [3.63, 3.8) is 0 Å². The van der Waals surface area contributed by atoms with Gasteiger partial charge in [0.15, 0.2) is 0 Å². The van der Waals surface area contributed by atoms with E-state index in [4.69, 9.17) is 0 Å². The van der Waals surface area contributed by atoms with Gasteiger partial charge in [0.05, 0.1) is 0 Å². The zero-order valence-corrected chi connectivity index (χ0v) is 7.36. The van der Waals surface area contributed by atoms with Gasteiger partial charge in [-0.15, -0.1) is 0 Å². The summed E-state index contributed by atoms with van der Waals surface area (Å²) >= 11 is 0. The van der Waals surface area contributed by atoms with Gasteiger partial charge in [-0.25, -0.2) is 0 Å². The Morgan fingerprint density at radius 3 is 1.89 bits per heavy atom. The molecule has 0 spiro atoms. The van der Waals surface area contributed by atoms with Crippen molar-refractivity contribution in [3.8, 4) is 0 Å². The van der Waals surface area contributed by atoms with E-state index in [0.717, 1.165) is 5.92 Å². The molecular weight excluding hydrogens is 108 g/mol. The number of hydrogen-bond donors (Lipinski definition) is 0. The van der Waals surface area contributed by atoms with Gasteiger partial charge in [0.1, 0.15) is 0 Å². The quantitative estimate of drug-likeness (QED) is 0.545. The van der Waals surface area contributed by atoms with Crippen LogP contribution in [0.15, 0.2) is 0 Å². The molecule has 0 nitrogen and oxygen atoms in total. The van der Waals surface area contributed by atoms with Crippen LogP contribution >= 0.6 is 0 Å². The monoisotopic (exact) mass is 127 g/mol. The first-order valence-corrected chi connectivity index (χ1v) is 3.85. The Kier molecular flexibility index (Phi) is 3.24. The molecule has 0 amide bonds. The fraction of sp³-hybridized carbons (Fsp3) is 0.889. The Balaban J connectivity index is 3.70. The normalized spacial score (nSPS) is 12.7. The molecule has 0 saturated carbocycles. The van der Waals surface area contributed by atoms with Gasteiger partial charge >= 0.3 is 0 Å². The summed E-state index contributed by atoms with van der Waals surface area (Å²) in [6, 6.07) is 0. The van der Waals surface area contributed by atoms with Gasteiger partial charge in [-0.05, 0) is 17.8 Å². The third kappa shape index (κ3) is 2.88. The van der Waals surface area contributed by atoms with Gasteiger partial charge in [-0.2, -0.15) is 0 Å². The molecule has 0 rings (SSSR count). The molecule has 0 aromatic heterocycles. The summed E-state index contributed by atoms with van der Waals surface area (Å²) < 4.78 is 0. The number of rotatable bonds is 3. The van der Waals surface area contributed by atoms with Crippen LogP contribution in [0.3, 0.4) is 0 Å². The molecule has 9 heavy (non-hydrogen) atoms. The minimum atomic E-state index is 0.425. The maximum atomic E-state index is 2.39. The third-order valence-electron chi connectivity index (χ3n) is 2.22. The fourth-order valence-corrected chi connectivity index (χ4v) is 0.762. The maximum absolute atomic E-state index is 2.39. The Labute approximate surface area is 59.7 Å². The van der Waals surface area contributed by atoms with E-state index < -0.39 is 0 Å². The lowest BCUT2D eigenvalue weighted by Gasteiger charge is -2.28. The molecule has 0 aromatic rings. The van der Waals surface area contributed by atoms with Crippen molar-refractivity contribution in [2.24, 2.45) is 11.3 Å². The Morgan fingerprint density at radius 2 is 1.78 bits per heavy atom. The fourth-order valence-electron chi connectivity index (χ4n) is 0.762. The SMILES string of the molecule is CC[CH]C(C)(C)C(C)C. The predicted octanol–water partition coefficient (Wildman–Crippen LogP) is 3.28. The first-order chi connectivity index (χ1) is 4.00. The average molecular weight is 127 g/mol. The molecule has 0 heterocycles. The highest BCUT2D eigenvalue weighted by Gasteiger charge is 2.20. The van der Waals surface area contributed by atoms with Crippen LogP contribution in [0.25, 0.3) is 0 Å². The van der Waals surface area contributed by atoms with Crippen molar-refractivity contribution in [2.75, 3.05) is 0 Å². The molecule has 0 aliphatic rings. The van der Waals surface area contributed by atoms with E-state index in [1.807, 2.05) is 0 Å². The molecule has 0 bridgehead atoms. The predicted molar refractivity (Wildman–Crippen MR) is 43.2 cm³/mol. The zero-order valence-electron chi connectivity index (χ0n) is 7.36. The molecule has 0 aliphatic heterocycles. The maximum Gasteiger partial charge on any atom is -0.0300 e. The zero-order chi connectivity index (χ0) is 7.49. The van der Waals surface area contributed by atoms with Crippen LogP contribution in [-0.2, 0) is 0 Å². The van der Waals surface area contributed by atoms with Crippen LogP contribution in [0.1, 0.15) is 41.0 Å². The van der Waals surface area contributed by atoms with Gasteiger partial charge < -0.3 is 0 Å². The standard InChI is InChI=1S/C9H19/c1-6-7-9(4,5)8(2)3/h7-8H,6H2,1-5H3. The largest absolute Gasteiger partial charge is 0.0651 e. The summed E-state index contributed by atoms with van der Waals surface area (Å²) in [6.07, 6.45) is 3.57. The highest BCUT2D eigenvalue weighted by atomic mass is 14.3. The topological polar surface area (TPSA) is 0 Å². The highest BCUT2D eigenvalue weighted by molar-refractivity contribution is 4.85. The van der Waals surface area contributed by atoms with Crippen LogP contribution in [0.5, 0.6) is 0 Å². The lowest BCUT2D eigenvalue weighted by atomic mass is 9.78. The Hall–Kier alpha value is 0. The second-order valence-corrected chi connectivity index (χ2v) is 3.59. The lowest BCUT2D eigenvalue weighted by Crippen LogP contribution is -2.18. The van der Waals surface area contributed by atoms with Gasteiger partial charge in [0.25, 0.3) is 0 Å². The van der Waals surface area contributed by atoms with Crippen LogP contribution in [0, 0.1) is 17.8 Å². The second kappa shape index (κ2) is 3.24. The van der Waals surface area contributed by atoms with Crippen molar-refractivity contribution in [1.82, 2.24) is 0 Å². The van der Waals surface area contributed by atoms with Crippen LogP contribution in [-0.4, -0.2) is 0 Å². The molecule has 0 unspecified atom stereocenters. The summed E-state index contributed by atoms with van der Waals surface area (Å²) in [6.45, 7) is 11.3. The molecular formula is C9H19. The first kappa shape index (κ1) is 9.00. The van der Waals surface area contributed by atoms with Gasteiger partial charge in [0, 0.05) is 0 Å². The molecule has 0 aromatic carbocycles. The summed E-state index contributed by atoms with van der Waals surface area (Å²) in [4.78, 5) is 0. The molecule has 0 fully saturated rings. The summed E-state index contributed by atoms with van der Waals surface area (Å²) in [7, 11) is 0. The molecule has 0 saturated heterocycles. The summed E-state index contributed by atoms with van der Waals surface area (Å²) in [5.74, 6) is 0.762. The minimum Gasteiger partial charge on any atom is -0.0651 e. The van der Waals surface area contributed by atoms with E-state index in [9.17, 15) is 0 Å². The van der Waals surface area contributed by atoms with E-state index in [2.05, 4.69) is 41.0 Å². The molecule has 55 valence electrons. The minimum absolute atomic E-state index is 0.425. The summed E-state index contributed by atoms with van der Waals surface area (Å²) in [5, 5.41) is 0. The van der Waals surface area contributed by atoms with E-state index in [1.165, 1.54) is 6.42 Å². The smallest absolute Gasteiger partial charge is 0.0300 e. The number of hydrogen-bond acceptors (Lipinski definition) is 0. The Bertz CT molecular complexity index is 70.1. The molecule has 0 heteroatoms.